The van der Waals surface area contributed by atoms with Crippen molar-refractivity contribution in [1.82, 2.24) is 0 Å². The third-order valence-corrected chi connectivity index (χ3v) is 3.37. The van der Waals surface area contributed by atoms with E-state index >= 15 is 0 Å². The van der Waals surface area contributed by atoms with E-state index in [1.165, 1.54) is 35.1 Å². The van der Waals surface area contributed by atoms with Gasteiger partial charge in [-0.2, -0.15) is 0 Å². The van der Waals surface area contributed by atoms with Crippen LogP contribution in [0.1, 0.15) is 31.4 Å². The monoisotopic (exact) mass is 250 g/mol. The van der Waals surface area contributed by atoms with Gasteiger partial charge in [-0.3, -0.25) is 0 Å². The fourth-order valence-electron chi connectivity index (χ4n) is 2.24. The van der Waals surface area contributed by atoms with E-state index in [1.807, 2.05) is 0 Å². The molecule has 0 aliphatic heterocycles. The van der Waals surface area contributed by atoms with E-state index in [0.29, 0.717) is 0 Å². The van der Waals surface area contributed by atoms with E-state index in [2.05, 4.69) is 74.5 Å². The van der Waals surface area contributed by atoms with Crippen LogP contribution in [0, 0.1) is 0 Å². The summed E-state index contributed by atoms with van der Waals surface area (Å²) in [5.74, 6) is 0. The van der Waals surface area contributed by atoms with Gasteiger partial charge in [0.25, 0.3) is 0 Å². The molecule has 0 aliphatic rings. The average Bonchev–Trinajstić information content (AvgIpc) is 2.47. The summed E-state index contributed by atoms with van der Waals surface area (Å²) in [6.45, 7) is 4.28. The zero-order chi connectivity index (χ0) is 13.5. The molecule has 19 heavy (non-hydrogen) atoms. The normalized spacial score (nSPS) is 11.1. The van der Waals surface area contributed by atoms with Crippen LogP contribution in [0.2, 0.25) is 0 Å². The molecule has 0 heterocycles. The highest BCUT2D eigenvalue weighted by molar-refractivity contribution is 5.64. The maximum Gasteiger partial charge on any atom is -0.00976 e. The summed E-state index contributed by atoms with van der Waals surface area (Å²) in [7, 11) is 0. The molecule has 0 fully saturated rings. The first-order valence-corrected chi connectivity index (χ1v) is 7.13. The van der Waals surface area contributed by atoms with Crippen molar-refractivity contribution in [2.24, 2.45) is 0 Å². The minimum Gasteiger partial charge on any atom is -0.0913 e. The lowest BCUT2D eigenvalue weighted by molar-refractivity contribution is 0.922. The molecule has 0 heteroatoms. The molecule has 2 aromatic carbocycles. The molecule has 2 rings (SSSR count). The van der Waals surface area contributed by atoms with Gasteiger partial charge in [-0.1, -0.05) is 74.0 Å². The summed E-state index contributed by atoms with van der Waals surface area (Å²) in [6, 6.07) is 17.8. The van der Waals surface area contributed by atoms with E-state index in [1.54, 1.807) is 0 Å². The Bertz CT molecular complexity index is 515. The van der Waals surface area contributed by atoms with Gasteiger partial charge < -0.3 is 0 Å². The van der Waals surface area contributed by atoms with Gasteiger partial charge in [0.2, 0.25) is 0 Å². The molecule has 0 bridgehead atoms. The molecular formula is C19H22. The molecule has 0 unspecified atom stereocenters. The van der Waals surface area contributed by atoms with Gasteiger partial charge in [0.15, 0.2) is 0 Å². The number of hydrogen-bond donors (Lipinski definition) is 0. The first kappa shape index (κ1) is 13.6. The standard InChI is InChI=1S/C19H22/c1-3-5-7-17-10-14-19(15-11-17)18-12-8-16(6-4-2)9-13-18/h3,5,8-15H,4,6-7H2,1-2H3/b5-3+. The summed E-state index contributed by atoms with van der Waals surface area (Å²) >= 11 is 0. The second-order valence-corrected chi connectivity index (χ2v) is 4.92. The summed E-state index contributed by atoms with van der Waals surface area (Å²) in [5, 5.41) is 0. The van der Waals surface area contributed by atoms with Gasteiger partial charge in [0, 0.05) is 0 Å². The molecular weight excluding hydrogens is 228 g/mol. The molecule has 0 radical (unpaired) electrons. The Balaban J connectivity index is 2.12. The summed E-state index contributed by atoms with van der Waals surface area (Å²) in [4.78, 5) is 0. The van der Waals surface area contributed by atoms with E-state index in [-0.39, 0.29) is 0 Å². The topological polar surface area (TPSA) is 0 Å². The van der Waals surface area contributed by atoms with Crippen molar-refractivity contribution in [3.63, 3.8) is 0 Å². The van der Waals surface area contributed by atoms with Crippen molar-refractivity contribution in [2.45, 2.75) is 33.1 Å². The van der Waals surface area contributed by atoms with Gasteiger partial charge in [-0.05, 0) is 42.0 Å². The van der Waals surface area contributed by atoms with Crippen LogP contribution >= 0.6 is 0 Å². The van der Waals surface area contributed by atoms with Crippen LogP contribution in [-0.4, -0.2) is 0 Å². The zero-order valence-corrected chi connectivity index (χ0v) is 11.9. The van der Waals surface area contributed by atoms with Crippen molar-refractivity contribution in [2.75, 3.05) is 0 Å². The largest absolute Gasteiger partial charge is 0.0913 e. The molecule has 0 saturated carbocycles. The fourth-order valence-corrected chi connectivity index (χ4v) is 2.24. The highest BCUT2D eigenvalue weighted by Gasteiger charge is 1.98. The van der Waals surface area contributed by atoms with Gasteiger partial charge in [-0.25, -0.2) is 0 Å². The number of rotatable bonds is 5. The molecule has 98 valence electrons. The lowest BCUT2D eigenvalue weighted by Crippen LogP contribution is -1.85. The molecule has 0 nitrogen and oxygen atoms in total. The average molecular weight is 250 g/mol. The van der Waals surface area contributed by atoms with E-state index in [4.69, 9.17) is 0 Å². The Morgan fingerprint density at radius 3 is 1.79 bits per heavy atom. The first-order valence-electron chi connectivity index (χ1n) is 7.13. The van der Waals surface area contributed by atoms with Gasteiger partial charge >= 0.3 is 0 Å². The number of allylic oxidation sites excluding steroid dienone is 2. The zero-order valence-electron chi connectivity index (χ0n) is 11.9. The second kappa shape index (κ2) is 6.94. The van der Waals surface area contributed by atoms with Gasteiger partial charge in [0.05, 0.1) is 0 Å². The third-order valence-electron chi connectivity index (χ3n) is 3.37. The van der Waals surface area contributed by atoms with E-state index in [0.717, 1.165) is 6.42 Å². The molecule has 0 aromatic heterocycles. The number of hydrogen-bond acceptors (Lipinski definition) is 0. The maximum absolute atomic E-state index is 2.24. The van der Waals surface area contributed by atoms with Crippen LogP contribution in [0.25, 0.3) is 11.1 Å². The number of benzene rings is 2. The van der Waals surface area contributed by atoms with Gasteiger partial charge in [-0.15, -0.1) is 0 Å². The van der Waals surface area contributed by atoms with E-state index in [9.17, 15) is 0 Å². The van der Waals surface area contributed by atoms with Crippen LogP contribution in [0.4, 0.5) is 0 Å². The van der Waals surface area contributed by atoms with E-state index < -0.39 is 0 Å². The summed E-state index contributed by atoms with van der Waals surface area (Å²) in [5.41, 5.74) is 5.39. The Hall–Kier alpha value is -1.82. The van der Waals surface area contributed by atoms with Crippen molar-refractivity contribution in [1.29, 1.82) is 0 Å². The van der Waals surface area contributed by atoms with Crippen molar-refractivity contribution < 1.29 is 0 Å². The third kappa shape index (κ3) is 3.82. The maximum atomic E-state index is 2.24. The smallest absolute Gasteiger partial charge is 0.00976 e. The van der Waals surface area contributed by atoms with Crippen LogP contribution < -0.4 is 0 Å². The second-order valence-electron chi connectivity index (χ2n) is 4.92. The Morgan fingerprint density at radius 2 is 1.32 bits per heavy atom. The molecule has 0 amide bonds. The predicted octanol–water partition coefficient (Wildman–Crippen LogP) is 5.42. The summed E-state index contributed by atoms with van der Waals surface area (Å²) < 4.78 is 0. The van der Waals surface area contributed by atoms with Crippen LogP contribution in [0.15, 0.2) is 60.7 Å². The van der Waals surface area contributed by atoms with Crippen LogP contribution in [0.5, 0.6) is 0 Å². The Labute approximate surface area is 116 Å². The highest BCUT2D eigenvalue weighted by atomic mass is 14.0. The minimum atomic E-state index is 1.02. The molecule has 0 aliphatic carbocycles. The molecule has 0 N–H and O–H groups in total. The quantitative estimate of drug-likeness (QED) is 0.621. The predicted molar refractivity (Wildman–Crippen MR) is 84.4 cm³/mol. The molecule has 2 aromatic rings. The number of aryl methyl sites for hydroxylation is 1. The fraction of sp³-hybridized carbons (Fsp3) is 0.263. The summed E-state index contributed by atoms with van der Waals surface area (Å²) in [6.07, 6.45) is 7.68. The SMILES string of the molecule is C/C=C/Cc1ccc(-c2ccc(CCC)cc2)cc1. The molecule has 0 spiro atoms. The van der Waals surface area contributed by atoms with Crippen molar-refractivity contribution in [3.8, 4) is 11.1 Å². The van der Waals surface area contributed by atoms with Crippen LogP contribution in [0.3, 0.4) is 0 Å². The van der Waals surface area contributed by atoms with Crippen molar-refractivity contribution in [3.05, 3.63) is 71.8 Å². The van der Waals surface area contributed by atoms with Gasteiger partial charge in [0.1, 0.15) is 0 Å². The molecule has 0 atom stereocenters. The lowest BCUT2D eigenvalue weighted by atomic mass is 10.0. The highest BCUT2D eigenvalue weighted by Crippen LogP contribution is 2.21. The first-order chi connectivity index (χ1) is 9.33. The van der Waals surface area contributed by atoms with Crippen LogP contribution in [-0.2, 0) is 12.8 Å². The Kier molecular flexibility index (Phi) is 4.97. The van der Waals surface area contributed by atoms with Crippen molar-refractivity contribution >= 4 is 0 Å². The minimum absolute atomic E-state index is 1.02. The lowest BCUT2D eigenvalue weighted by Gasteiger charge is -2.05. The molecule has 0 saturated heterocycles. The Morgan fingerprint density at radius 1 is 0.789 bits per heavy atom.